The molecule has 0 spiro atoms. The fourth-order valence-corrected chi connectivity index (χ4v) is 1.82. The molecule has 0 fully saturated rings. The van der Waals surface area contributed by atoms with Crippen molar-refractivity contribution in [3.63, 3.8) is 0 Å². The highest BCUT2D eigenvalue weighted by Gasteiger charge is 2.61. The van der Waals surface area contributed by atoms with Crippen molar-refractivity contribution in [3.05, 3.63) is 0 Å². The minimum atomic E-state index is -5.05. The lowest BCUT2D eigenvalue weighted by Gasteiger charge is -2.22. The average Bonchev–Trinajstić information content (AvgIpc) is 2.91. The van der Waals surface area contributed by atoms with E-state index in [4.69, 9.17) is 0 Å². The SMILES string of the molecule is OC1(C(F)(F)F)CC(CCC2=NOC(O)(C(F)(F)F)C2)=NO1. The molecule has 0 amide bonds. The molecule has 0 aliphatic carbocycles. The van der Waals surface area contributed by atoms with Gasteiger partial charge in [0, 0.05) is 0 Å². The molecule has 2 N–H and O–H groups in total. The van der Waals surface area contributed by atoms with Crippen LogP contribution in [-0.2, 0) is 9.68 Å². The number of rotatable bonds is 3. The second-order valence-electron chi connectivity index (χ2n) is 4.92. The van der Waals surface area contributed by atoms with Crippen LogP contribution in [0, 0.1) is 0 Å². The molecular weight excluding hydrogens is 326 g/mol. The first kappa shape index (κ1) is 16.8. The molecule has 0 aromatic rings. The molecule has 0 aromatic carbocycles. The van der Waals surface area contributed by atoms with Gasteiger partial charge in [-0.25, -0.2) is 0 Å². The van der Waals surface area contributed by atoms with E-state index in [1.807, 2.05) is 0 Å². The fraction of sp³-hybridized carbons (Fsp3) is 0.800. The second-order valence-corrected chi connectivity index (χ2v) is 4.92. The van der Waals surface area contributed by atoms with E-state index in [2.05, 4.69) is 20.0 Å². The number of alkyl halides is 6. The molecule has 2 atom stereocenters. The topological polar surface area (TPSA) is 83.6 Å². The van der Waals surface area contributed by atoms with Gasteiger partial charge in [-0.15, -0.1) is 0 Å². The van der Waals surface area contributed by atoms with Crippen LogP contribution in [0.2, 0.25) is 0 Å². The van der Waals surface area contributed by atoms with E-state index >= 15 is 0 Å². The van der Waals surface area contributed by atoms with Crippen LogP contribution in [0.1, 0.15) is 25.7 Å². The van der Waals surface area contributed by atoms with E-state index in [0.717, 1.165) is 0 Å². The second kappa shape index (κ2) is 4.98. The van der Waals surface area contributed by atoms with Gasteiger partial charge in [-0.1, -0.05) is 10.3 Å². The molecule has 22 heavy (non-hydrogen) atoms. The molecule has 0 radical (unpaired) electrons. The van der Waals surface area contributed by atoms with Crippen molar-refractivity contribution in [2.24, 2.45) is 10.3 Å². The highest BCUT2D eigenvalue weighted by atomic mass is 19.4. The largest absolute Gasteiger partial charge is 0.458 e. The van der Waals surface area contributed by atoms with Crippen molar-refractivity contribution in [1.82, 2.24) is 0 Å². The van der Waals surface area contributed by atoms with Gasteiger partial charge in [-0.05, 0) is 12.8 Å². The van der Waals surface area contributed by atoms with Crippen LogP contribution in [0.5, 0.6) is 0 Å². The first-order chi connectivity index (χ1) is 9.86. The van der Waals surface area contributed by atoms with Crippen LogP contribution >= 0.6 is 0 Å². The fourth-order valence-electron chi connectivity index (χ4n) is 1.82. The lowest BCUT2D eigenvalue weighted by molar-refractivity contribution is -0.355. The van der Waals surface area contributed by atoms with Crippen molar-refractivity contribution in [2.75, 3.05) is 0 Å². The Balaban J connectivity index is 1.87. The number of hydrogen-bond acceptors (Lipinski definition) is 6. The highest BCUT2D eigenvalue weighted by Crippen LogP contribution is 2.40. The lowest BCUT2D eigenvalue weighted by atomic mass is 10.0. The Labute approximate surface area is 119 Å². The number of halogens is 6. The van der Waals surface area contributed by atoms with Gasteiger partial charge in [0.15, 0.2) is 0 Å². The summed E-state index contributed by atoms with van der Waals surface area (Å²) in [6.45, 7) is 0. The van der Waals surface area contributed by atoms with Gasteiger partial charge in [0.05, 0.1) is 24.3 Å². The summed E-state index contributed by atoms with van der Waals surface area (Å²) in [7, 11) is 0. The molecule has 0 bridgehead atoms. The van der Waals surface area contributed by atoms with E-state index in [0.29, 0.717) is 0 Å². The van der Waals surface area contributed by atoms with Gasteiger partial charge in [0.25, 0.3) is 0 Å². The Morgan fingerprint density at radius 3 is 1.36 bits per heavy atom. The minimum Gasteiger partial charge on any atom is -0.350 e. The van der Waals surface area contributed by atoms with Gasteiger partial charge in [-0.2, -0.15) is 26.3 Å². The van der Waals surface area contributed by atoms with Crippen LogP contribution in [0.3, 0.4) is 0 Å². The summed E-state index contributed by atoms with van der Waals surface area (Å²) in [5.41, 5.74) is -0.380. The van der Waals surface area contributed by atoms with Gasteiger partial charge >= 0.3 is 23.9 Å². The number of nitrogens with zero attached hydrogens (tertiary/aromatic N) is 2. The van der Waals surface area contributed by atoms with Gasteiger partial charge < -0.3 is 19.9 Å². The quantitative estimate of drug-likeness (QED) is 0.770. The van der Waals surface area contributed by atoms with Crippen LogP contribution in [-0.4, -0.2) is 45.6 Å². The molecule has 0 aromatic heterocycles. The molecule has 2 unspecified atom stereocenters. The summed E-state index contributed by atoms with van der Waals surface area (Å²) >= 11 is 0. The summed E-state index contributed by atoms with van der Waals surface area (Å²) in [6.07, 6.45) is -12.5. The molecule has 0 saturated carbocycles. The molecule has 6 nitrogen and oxygen atoms in total. The van der Waals surface area contributed by atoms with Crippen molar-refractivity contribution < 1.29 is 46.2 Å². The monoisotopic (exact) mass is 336 g/mol. The molecule has 2 rings (SSSR count). The molecular formula is C10H10F6N2O4. The van der Waals surface area contributed by atoms with Crippen molar-refractivity contribution >= 4 is 11.4 Å². The van der Waals surface area contributed by atoms with Crippen LogP contribution in [0.15, 0.2) is 10.3 Å². The maximum Gasteiger partial charge on any atom is 0.458 e. The Morgan fingerprint density at radius 2 is 1.14 bits per heavy atom. The summed E-state index contributed by atoms with van der Waals surface area (Å²) in [6, 6.07) is 0. The summed E-state index contributed by atoms with van der Waals surface area (Å²) in [5, 5.41) is 24.5. The molecule has 2 aliphatic heterocycles. The molecule has 12 heteroatoms. The number of aliphatic hydroxyl groups is 2. The summed E-state index contributed by atoms with van der Waals surface area (Å²) in [4.78, 5) is 7.89. The number of oxime groups is 2. The minimum absolute atomic E-state index is 0.190. The Kier molecular flexibility index (Phi) is 3.80. The Hall–Kier alpha value is -1.56. The standard InChI is InChI=1S/C10H10F6N2O4/c11-9(12,13)7(19)3-5(17-21-7)1-2-6-4-8(20,22-18-6)10(14,15)16/h19-20H,1-4H2. The van der Waals surface area contributed by atoms with Gasteiger partial charge in [0.2, 0.25) is 0 Å². The average molecular weight is 336 g/mol. The molecule has 2 heterocycles. The van der Waals surface area contributed by atoms with E-state index in [-0.39, 0.29) is 24.3 Å². The smallest absolute Gasteiger partial charge is 0.350 e. The van der Waals surface area contributed by atoms with E-state index in [9.17, 15) is 36.6 Å². The predicted molar refractivity (Wildman–Crippen MR) is 57.5 cm³/mol. The number of hydrogen-bond donors (Lipinski definition) is 2. The van der Waals surface area contributed by atoms with Crippen molar-refractivity contribution in [1.29, 1.82) is 0 Å². The Bertz CT molecular complexity index is 471. The maximum absolute atomic E-state index is 12.4. The Morgan fingerprint density at radius 1 is 0.818 bits per heavy atom. The molecule has 126 valence electrons. The zero-order chi connectivity index (χ0) is 16.8. The van der Waals surface area contributed by atoms with Crippen molar-refractivity contribution in [2.45, 2.75) is 49.6 Å². The third-order valence-electron chi connectivity index (χ3n) is 3.13. The maximum atomic E-state index is 12.4. The zero-order valence-corrected chi connectivity index (χ0v) is 10.7. The third-order valence-corrected chi connectivity index (χ3v) is 3.13. The zero-order valence-electron chi connectivity index (χ0n) is 10.7. The van der Waals surface area contributed by atoms with Crippen LogP contribution in [0.4, 0.5) is 26.3 Å². The molecule has 0 saturated heterocycles. The predicted octanol–water partition coefficient (Wildman–Crippen LogP) is 1.82. The summed E-state index contributed by atoms with van der Waals surface area (Å²) in [5.74, 6) is -6.86. The first-order valence-electron chi connectivity index (χ1n) is 5.92. The van der Waals surface area contributed by atoms with E-state index in [1.54, 1.807) is 0 Å². The van der Waals surface area contributed by atoms with Gasteiger partial charge in [0.1, 0.15) is 0 Å². The van der Waals surface area contributed by atoms with Crippen LogP contribution in [0.25, 0.3) is 0 Å². The highest BCUT2D eigenvalue weighted by molar-refractivity contribution is 5.93. The van der Waals surface area contributed by atoms with Crippen LogP contribution < -0.4 is 0 Å². The lowest BCUT2D eigenvalue weighted by Crippen LogP contribution is -2.45. The summed E-state index contributed by atoms with van der Waals surface area (Å²) < 4.78 is 74.7. The normalized spacial score (nSPS) is 32.4. The van der Waals surface area contributed by atoms with Gasteiger partial charge in [-0.3, -0.25) is 0 Å². The van der Waals surface area contributed by atoms with E-state index in [1.165, 1.54) is 0 Å². The third kappa shape index (κ3) is 2.97. The van der Waals surface area contributed by atoms with Crippen molar-refractivity contribution in [3.8, 4) is 0 Å². The van der Waals surface area contributed by atoms with E-state index < -0.39 is 36.8 Å². The first-order valence-corrected chi connectivity index (χ1v) is 5.92. The molecule has 2 aliphatic rings.